The molecule has 3 nitrogen and oxygen atoms in total. The molecule has 2 aromatic carbocycles. The van der Waals surface area contributed by atoms with Gasteiger partial charge in [0.1, 0.15) is 5.82 Å². The number of nitrogens with one attached hydrogen (secondary N) is 1. The van der Waals surface area contributed by atoms with Gasteiger partial charge in [-0.3, -0.25) is 10.8 Å². The van der Waals surface area contributed by atoms with Gasteiger partial charge in [0, 0.05) is 27.8 Å². The maximum atomic E-state index is 13.6. The van der Waals surface area contributed by atoms with Crippen LogP contribution in [0.15, 0.2) is 59.3 Å². The summed E-state index contributed by atoms with van der Waals surface area (Å²) in [5.41, 5.74) is 4.40. The Balaban J connectivity index is 2.18. The molecule has 0 bridgehead atoms. The molecule has 5 heteroatoms. The molecule has 0 aliphatic rings. The number of fused-ring (bicyclic) bond motifs is 1. The fourth-order valence-electron chi connectivity index (χ4n) is 2.48. The van der Waals surface area contributed by atoms with Crippen molar-refractivity contribution in [1.82, 2.24) is 10.4 Å². The van der Waals surface area contributed by atoms with E-state index >= 15 is 0 Å². The largest absolute Gasteiger partial charge is 0.271 e. The van der Waals surface area contributed by atoms with Gasteiger partial charge in [-0.05, 0) is 29.1 Å². The van der Waals surface area contributed by atoms with Gasteiger partial charge in [-0.2, -0.15) is 0 Å². The molecule has 106 valence electrons. The Morgan fingerprint density at radius 2 is 1.95 bits per heavy atom. The smallest absolute Gasteiger partial charge is 0.124 e. The van der Waals surface area contributed by atoms with Crippen LogP contribution in [0.3, 0.4) is 0 Å². The van der Waals surface area contributed by atoms with Crippen molar-refractivity contribution < 1.29 is 4.39 Å². The predicted octanol–water partition coefficient (Wildman–Crippen LogP) is 3.69. The molecule has 3 rings (SSSR count). The highest BCUT2D eigenvalue weighted by molar-refractivity contribution is 9.10. The van der Waals surface area contributed by atoms with Crippen LogP contribution in [-0.4, -0.2) is 4.98 Å². The molecular formula is C16H13BrFN3. The van der Waals surface area contributed by atoms with Crippen LogP contribution in [0.2, 0.25) is 0 Å². The second-order valence-corrected chi connectivity index (χ2v) is 5.67. The summed E-state index contributed by atoms with van der Waals surface area (Å²) < 4.78 is 14.3. The Bertz CT molecular complexity index is 766. The van der Waals surface area contributed by atoms with E-state index in [2.05, 4.69) is 26.3 Å². The number of rotatable bonds is 3. The van der Waals surface area contributed by atoms with Crippen LogP contribution in [0.4, 0.5) is 4.39 Å². The second-order valence-electron chi connectivity index (χ2n) is 4.75. The third-order valence-electron chi connectivity index (χ3n) is 3.39. The number of hydrazine groups is 1. The van der Waals surface area contributed by atoms with Crippen molar-refractivity contribution in [2.24, 2.45) is 5.84 Å². The summed E-state index contributed by atoms with van der Waals surface area (Å²) in [5.74, 6) is 5.40. The highest BCUT2D eigenvalue weighted by atomic mass is 79.9. The normalized spacial score (nSPS) is 12.5. The van der Waals surface area contributed by atoms with E-state index in [1.807, 2.05) is 30.3 Å². The maximum Gasteiger partial charge on any atom is 0.124 e. The van der Waals surface area contributed by atoms with Crippen LogP contribution in [0, 0.1) is 5.82 Å². The van der Waals surface area contributed by atoms with E-state index in [0.717, 1.165) is 21.9 Å². The fraction of sp³-hybridized carbons (Fsp3) is 0.0625. The Kier molecular flexibility index (Phi) is 3.96. The zero-order valence-electron chi connectivity index (χ0n) is 11.1. The highest BCUT2D eigenvalue weighted by Gasteiger charge is 2.17. The third kappa shape index (κ3) is 2.81. The average molecular weight is 346 g/mol. The first-order chi connectivity index (χ1) is 10.2. The zero-order chi connectivity index (χ0) is 14.8. The lowest BCUT2D eigenvalue weighted by atomic mass is 9.96. The van der Waals surface area contributed by atoms with E-state index in [1.165, 1.54) is 12.1 Å². The number of hydrogen-bond donors (Lipinski definition) is 2. The van der Waals surface area contributed by atoms with E-state index in [9.17, 15) is 4.39 Å². The lowest BCUT2D eigenvalue weighted by Crippen LogP contribution is -2.29. The monoisotopic (exact) mass is 345 g/mol. The minimum absolute atomic E-state index is 0.312. The predicted molar refractivity (Wildman–Crippen MR) is 85.0 cm³/mol. The first kappa shape index (κ1) is 14.1. The first-order valence-corrected chi connectivity index (χ1v) is 7.23. The molecule has 0 aliphatic heterocycles. The summed E-state index contributed by atoms with van der Waals surface area (Å²) in [6.07, 6.45) is 3.56. The SMILES string of the molecule is NNC(c1cc(F)cc(Br)c1)c1cncc2ccccc12. The van der Waals surface area contributed by atoms with E-state index in [4.69, 9.17) is 5.84 Å². The van der Waals surface area contributed by atoms with E-state index in [1.54, 1.807) is 12.4 Å². The lowest BCUT2D eigenvalue weighted by molar-refractivity contribution is 0.605. The van der Waals surface area contributed by atoms with Crippen molar-refractivity contribution in [2.75, 3.05) is 0 Å². The second kappa shape index (κ2) is 5.89. The quantitative estimate of drug-likeness (QED) is 0.562. The van der Waals surface area contributed by atoms with Crippen molar-refractivity contribution in [3.63, 3.8) is 0 Å². The molecule has 1 heterocycles. The molecule has 0 saturated carbocycles. The topological polar surface area (TPSA) is 50.9 Å². The van der Waals surface area contributed by atoms with E-state index in [-0.39, 0.29) is 11.9 Å². The van der Waals surface area contributed by atoms with Crippen LogP contribution >= 0.6 is 15.9 Å². The summed E-state index contributed by atoms with van der Waals surface area (Å²) in [4.78, 5) is 4.25. The fourth-order valence-corrected chi connectivity index (χ4v) is 2.96. The standard InChI is InChI=1S/C16H13BrFN3/c17-12-5-11(6-13(18)7-12)16(21-19)15-9-20-8-10-3-1-2-4-14(10)15/h1-9,16,21H,19H2. The van der Waals surface area contributed by atoms with Gasteiger partial charge in [-0.25, -0.2) is 9.82 Å². The number of pyridine rings is 1. The minimum Gasteiger partial charge on any atom is -0.271 e. The van der Waals surface area contributed by atoms with Crippen LogP contribution in [0.5, 0.6) is 0 Å². The van der Waals surface area contributed by atoms with Gasteiger partial charge in [0.25, 0.3) is 0 Å². The van der Waals surface area contributed by atoms with Gasteiger partial charge in [0.15, 0.2) is 0 Å². The number of benzene rings is 2. The van der Waals surface area contributed by atoms with Crippen LogP contribution in [0.25, 0.3) is 10.8 Å². The molecule has 0 spiro atoms. The molecule has 1 atom stereocenters. The number of halogens is 2. The molecule has 1 unspecified atom stereocenters. The summed E-state index contributed by atoms with van der Waals surface area (Å²) >= 11 is 3.31. The molecule has 0 saturated heterocycles. The van der Waals surface area contributed by atoms with Crippen molar-refractivity contribution >= 4 is 26.7 Å². The van der Waals surface area contributed by atoms with E-state index < -0.39 is 0 Å². The Labute approximate surface area is 130 Å². The third-order valence-corrected chi connectivity index (χ3v) is 3.85. The van der Waals surface area contributed by atoms with Gasteiger partial charge < -0.3 is 0 Å². The van der Waals surface area contributed by atoms with Gasteiger partial charge in [0.2, 0.25) is 0 Å². The number of aromatic nitrogens is 1. The molecule has 3 N–H and O–H groups in total. The maximum absolute atomic E-state index is 13.6. The Hall–Kier alpha value is -1.82. The van der Waals surface area contributed by atoms with E-state index in [0.29, 0.717) is 4.47 Å². The summed E-state index contributed by atoms with van der Waals surface area (Å²) in [6.45, 7) is 0. The van der Waals surface area contributed by atoms with Gasteiger partial charge in [-0.15, -0.1) is 0 Å². The summed E-state index contributed by atoms with van der Waals surface area (Å²) in [5, 5.41) is 2.06. The lowest BCUT2D eigenvalue weighted by Gasteiger charge is -2.19. The average Bonchev–Trinajstić information content (AvgIpc) is 2.47. The number of nitrogens with zero attached hydrogens (tertiary/aromatic N) is 1. The molecule has 1 aromatic heterocycles. The Morgan fingerprint density at radius 3 is 2.71 bits per heavy atom. The number of nitrogens with two attached hydrogens (primary N) is 1. The first-order valence-electron chi connectivity index (χ1n) is 6.44. The Morgan fingerprint density at radius 1 is 1.14 bits per heavy atom. The molecule has 0 amide bonds. The minimum atomic E-state index is -0.337. The van der Waals surface area contributed by atoms with Crippen molar-refractivity contribution in [2.45, 2.75) is 6.04 Å². The summed E-state index contributed by atoms with van der Waals surface area (Å²) in [6, 6.07) is 12.3. The van der Waals surface area contributed by atoms with Crippen molar-refractivity contribution in [3.8, 4) is 0 Å². The van der Waals surface area contributed by atoms with Crippen molar-refractivity contribution in [3.05, 3.63) is 76.3 Å². The van der Waals surface area contributed by atoms with Crippen LogP contribution in [0.1, 0.15) is 17.2 Å². The molecule has 0 fully saturated rings. The number of hydrogen-bond acceptors (Lipinski definition) is 3. The molecule has 3 aromatic rings. The highest BCUT2D eigenvalue weighted by Crippen LogP contribution is 2.29. The molecular weight excluding hydrogens is 333 g/mol. The van der Waals surface area contributed by atoms with Crippen LogP contribution in [-0.2, 0) is 0 Å². The molecule has 0 aliphatic carbocycles. The van der Waals surface area contributed by atoms with Crippen molar-refractivity contribution in [1.29, 1.82) is 0 Å². The summed E-state index contributed by atoms with van der Waals surface area (Å²) in [7, 11) is 0. The molecule has 21 heavy (non-hydrogen) atoms. The van der Waals surface area contributed by atoms with Gasteiger partial charge >= 0.3 is 0 Å². The van der Waals surface area contributed by atoms with Gasteiger partial charge in [-0.1, -0.05) is 40.2 Å². The molecule has 0 radical (unpaired) electrons. The van der Waals surface area contributed by atoms with Crippen LogP contribution < -0.4 is 11.3 Å². The zero-order valence-corrected chi connectivity index (χ0v) is 12.6. The van der Waals surface area contributed by atoms with Gasteiger partial charge in [0.05, 0.1) is 6.04 Å².